The summed E-state index contributed by atoms with van der Waals surface area (Å²) in [4.78, 5) is 2.53. The van der Waals surface area contributed by atoms with Gasteiger partial charge in [-0.05, 0) is 120 Å². The maximum atomic E-state index is 2.53. The molecule has 0 N–H and O–H groups in total. The lowest BCUT2D eigenvalue weighted by Gasteiger charge is -2.36. The van der Waals surface area contributed by atoms with Crippen molar-refractivity contribution < 1.29 is 0 Å². The average molecular weight is 878 g/mol. The molecule has 11 aromatic rings. The fourth-order valence-corrected chi connectivity index (χ4v) is 12.0. The zero-order valence-electron chi connectivity index (χ0n) is 38.1. The van der Waals surface area contributed by atoms with Gasteiger partial charge in [-0.15, -0.1) is 0 Å². The summed E-state index contributed by atoms with van der Waals surface area (Å²) < 4.78 is 0. The van der Waals surface area contributed by atoms with E-state index in [1.165, 1.54) is 77.9 Å². The Labute approximate surface area is 404 Å². The van der Waals surface area contributed by atoms with Crippen molar-refractivity contribution in [3.8, 4) is 44.5 Å². The van der Waals surface area contributed by atoms with Gasteiger partial charge >= 0.3 is 0 Å². The lowest BCUT2D eigenvalue weighted by atomic mass is 9.67. The Bertz CT molecular complexity index is 3390. The van der Waals surface area contributed by atoms with Crippen molar-refractivity contribution in [1.82, 2.24) is 0 Å². The van der Waals surface area contributed by atoms with Crippen LogP contribution in [0.15, 0.2) is 285 Å². The molecule has 2 aliphatic carbocycles. The molecule has 0 bridgehead atoms. The molecule has 0 spiro atoms. The van der Waals surface area contributed by atoms with E-state index < -0.39 is 10.8 Å². The zero-order valence-corrected chi connectivity index (χ0v) is 38.1. The molecule has 2 aliphatic rings. The van der Waals surface area contributed by atoms with Crippen molar-refractivity contribution in [2.75, 3.05) is 4.90 Å². The van der Waals surface area contributed by atoms with E-state index >= 15 is 0 Å². The van der Waals surface area contributed by atoms with Crippen LogP contribution < -0.4 is 4.90 Å². The van der Waals surface area contributed by atoms with Gasteiger partial charge in [0.2, 0.25) is 0 Å². The topological polar surface area (TPSA) is 3.24 Å². The van der Waals surface area contributed by atoms with Crippen molar-refractivity contribution in [3.05, 3.63) is 330 Å². The molecule has 0 amide bonds. The van der Waals surface area contributed by atoms with E-state index in [9.17, 15) is 0 Å². The van der Waals surface area contributed by atoms with Gasteiger partial charge < -0.3 is 4.90 Å². The van der Waals surface area contributed by atoms with Crippen LogP contribution in [0.5, 0.6) is 0 Å². The van der Waals surface area contributed by atoms with Crippen molar-refractivity contribution in [2.45, 2.75) is 10.8 Å². The zero-order chi connectivity index (χ0) is 45.8. The molecular formula is C68H47N. The predicted octanol–water partition coefficient (Wildman–Crippen LogP) is 17.2. The first-order chi connectivity index (χ1) is 34.2. The van der Waals surface area contributed by atoms with Gasteiger partial charge in [-0.1, -0.05) is 249 Å². The maximum Gasteiger partial charge on any atom is 0.0714 e. The van der Waals surface area contributed by atoms with Gasteiger partial charge in [0.15, 0.2) is 0 Å². The molecule has 0 heterocycles. The second kappa shape index (κ2) is 16.5. The summed E-state index contributed by atoms with van der Waals surface area (Å²) in [5.74, 6) is 0. The van der Waals surface area contributed by atoms with Gasteiger partial charge in [-0.25, -0.2) is 0 Å². The summed E-state index contributed by atoms with van der Waals surface area (Å²) in [6.07, 6.45) is 0. The van der Waals surface area contributed by atoms with Crippen LogP contribution in [0.25, 0.3) is 44.5 Å². The van der Waals surface area contributed by atoms with E-state index in [1.807, 2.05) is 0 Å². The van der Waals surface area contributed by atoms with E-state index in [4.69, 9.17) is 0 Å². The number of nitrogens with zero attached hydrogens (tertiary/aromatic N) is 1. The second-order valence-electron chi connectivity index (χ2n) is 18.3. The summed E-state index contributed by atoms with van der Waals surface area (Å²) in [5.41, 5.74) is 22.0. The van der Waals surface area contributed by atoms with Crippen molar-refractivity contribution in [2.24, 2.45) is 0 Å². The number of anilines is 3. The molecular weight excluding hydrogens is 831 g/mol. The average Bonchev–Trinajstić information content (AvgIpc) is 3.90. The molecule has 0 aliphatic heterocycles. The SMILES string of the molecule is c1ccc(-c2cccc(-c3ccccc3N(c3ccc4c(c3)C(c3ccccc3)(c3ccccc3)c3ccccc3-4)c3ccc4c(c3)C(c3ccccc3)(c3ccccc3)c3ccccc3-4)c2)cc1. The van der Waals surface area contributed by atoms with Crippen LogP contribution in [0.2, 0.25) is 0 Å². The van der Waals surface area contributed by atoms with Gasteiger partial charge in [0.05, 0.1) is 16.5 Å². The van der Waals surface area contributed by atoms with Crippen LogP contribution >= 0.6 is 0 Å². The first-order valence-electron chi connectivity index (χ1n) is 24.0. The van der Waals surface area contributed by atoms with Crippen LogP contribution in [0.4, 0.5) is 17.1 Å². The van der Waals surface area contributed by atoms with Crippen molar-refractivity contribution in [1.29, 1.82) is 0 Å². The minimum atomic E-state index is -0.561. The highest BCUT2D eigenvalue weighted by Gasteiger charge is 2.48. The lowest BCUT2D eigenvalue weighted by Crippen LogP contribution is -2.29. The molecule has 0 radical (unpaired) electrons. The van der Waals surface area contributed by atoms with Gasteiger partial charge in [-0.2, -0.15) is 0 Å². The molecule has 0 aromatic heterocycles. The van der Waals surface area contributed by atoms with E-state index in [0.29, 0.717) is 0 Å². The predicted molar refractivity (Wildman–Crippen MR) is 287 cm³/mol. The molecule has 0 unspecified atom stereocenters. The Kier molecular flexibility index (Phi) is 9.70. The monoisotopic (exact) mass is 877 g/mol. The molecule has 13 rings (SSSR count). The highest BCUT2D eigenvalue weighted by atomic mass is 15.1. The van der Waals surface area contributed by atoms with Crippen molar-refractivity contribution in [3.63, 3.8) is 0 Å². The number of benzene rings is 11. The smallest absolute Gasteiger partial charge is 0.0714 e. The Morgan fingerprint density at radius 3 is 1.03 bits per heavy atom. The number of hydrogen-bond acceptors (Lipinski definition) is 1. The Balaban J connectivity index is 1.10. The van der Waals surface area contributed by atoms with Gasteiger partial charge in [0, 0.05) is 16.9 Å². The quantitative estimate of drug-likeness (QED) is 0.140. The molecule has 1 nitrogen and oxygen atoms in total. The third-order valence-corrected chi connectivity index (χ3v) is 14.8. The summed E-state index contributed by atoms with van der Waals surface area (Å²) >= 11 is 0. The first kappa shape index (κ1) is 40.5. The van der Waals surface area contributed by atoms with E-state index in [2.05, 4.69) is 290 Å². The molecule has 69 heavy (non-hydrogen) atoms. The highest BCUT2D eigenvalue weighted by Crippen LogP contribution is 2.60. The van der Waals surface area contributed by atoms with Crippen molar-refractivity contribution >= 4 is 17.1 Å². The van der Waals surface area contributed by atoms with E-state index in [0.717, 1.165) is 28.2 Å². The molecule has 11 aromatic carbocycles. The standard InChI is InChI=1S/C68H47N/c1-6-23-48(24-7-1)49-25-22-26-50(45-49)57-35-18-21-40-66(57)69(55-41-43-60-58-36-16-19-38-62(58)67(64(60)46-55,51-27-8-2-9-28-51)52-29-10-3-11-30-52)56-42-44-61-59-37-17-20-39-63(59)68(65(61)47-56,53-31-12-4-13-32-53)54-33-14-5-15-34-54/h1-47H. The summed E-state index contributed by atoms with van der Waals surface area (Å²) in [6.45, 7) is 0. The van der Waals surface area contributed by atoms with Crippen LogP contribution in [0.1, 0.15) is 44.5 Å². The maximum absolute atomic E-state index is 2.53. The number of rotatable bonds is 9. The van der Waals surface area contributed by atoms with Crippen LogP contribution in [-0.2, 0) is 10.8 Å². The van der Waals surface area contributed by atoms with Gasteiger partial charge in [0.25, 0.3) is 0 Å². The molecule has 1 heteroatoms. The second-order valence-corrected chi connectivity index (χ2v) is 18.3. The number of para-hydroxylation sites is 1. The van der Waals surface area contributed by atoms with E-state index in [-0.39, 0.29) is 0 Å². The largest absolute Gasteiger partial charge is 0.310 e. The third-order valence-electron chi connectivity index (χ3n) is 14.8. The normalized spacial score (nSPS) is 13.4. The summed E-state index contributed by atoms with van der Waals surface area (Å²) in [5, 5.41) is 0. The molecule has 0 saturated carbocycles. The first-order valence-corrected chi connectivity index (χ1v) is 24.0. The summed E-state index contributed by atoms with van der Waals surface area (Å²) in [7, 11) is 0. The molecule has 324 valence electrons. The van der Waals surface area contributed by atoms with Crippen LogP contribution in [0, 0.1) is 0 Å². The van der Waals surface area contributed by atoms with Gasteiger partial charge in [0.1, 0.15) is 0 Å². The summed E-state index contributed by atoms with van der Waals surface area (Å²) in [6, 6.07) is 106. The van der Waals surface area contributed by atoms with Crippen LogP contribution in [0.3, 0.4) is 0 Å². The number of hydrogen-bond donors (Lipinski definition) is 0. The lowest BCUT2D eigenvalue weighted by molar-refractivity contribution is 0.767. The minimum Gasteiger partial charge on any atom is -0.310 e. The Hall–Kier alpha value is -8.78. The fourth-order valence-electron chi connectivity index (χ4n) is 12.0. The molecule has 0 saturated heterocycles. The third kappa shape index (κ3) is 6.24. The fraction of sp³-hybridized carbons (Fsp3) is 0.0294. The molecule has 0 atom stereocenters. The van der Waals surface area contributed by atoms with Crippen LogP contribution in [-0.4, -0.2) is 0 Å². The number of fused-ring (bicyclic) bond motifs is 6. The Morgan fingerprint density at radius 2 is 0.565 bits per heavy atom. The van der Waals surface area contributed by atoms with E-state index in [1.54, 1.807) is 0 Å². The molecule has 0 fully saturated rings. The Morgan fingerprint density at radius 1 is 0.217 bits per heavy atom. The minimum absolute atomic E-state index is 0.561. The highest BCUT2D eigenvalue weighted by molar-refractivity contribution is 5.95. The van der Waals surface area contributed by atoms with Gasteiger partial charge in [-0.3, -0.25) is 0 Å².